The number of hydrogen-bond donors (Lipinski definition) is 2. The Kier molecular flexibility index (Phi) is 4.99. The maximum atomic E-state index is 11.6. The van der Waals surface area contributed by atoms with Crippen LogP contribution in [0.1, 0.15) is 31.7 Å². The number of benzene rings is 1. The average molecular weight is 221 g/mol. The fourth-order valence-corrected chi connectivity index (χ4v) is 1.73. The van der Waals surface area contributed by atoms with Crippen LogP contribution in [0.15, 0.2) is 24.3 Å². The second kappa shape index (κ2) is 6.28. The second-order valence-corrected chi connectivity index (χ2v) is 4.14. The van der Waals surface area contributed by atoms with Crippen LogP contribution in [0.2, 0.25) is 0 Å². The van der Waals surface area contributed by atoms with Crippen molar-refractivity contribution in [1.29, 1.82) is 0 Å². The monoisotopic (exact) mass is 221 g/mol. The summed E-state index contributed by atoms with van der Waals surface area (Å²) in [6.45, 7) is 2.06. The quantitative estimate of drug-likeness (QED) is 0.772. The third-order valence-electron chi connectivity index (χ3n) is 2.46. The summed E-state index contributed by atoms with van der Waals surface area (Å²) in [6, 6.07) is 6.75. The molecule has 0 bridgehead atoms. The molecule has 1 aromatic rings. The van der Waals surface area contributed by atoms with E-state index in [9.17, 15) is 9.90 Å². The van der Waals surface area contributed by atoms with Crippen molar-refractivity contribution < 1.29 is 9.90 Å². The Morgan fingerprint density at radius 2 is 2.25 bits per heavy atom. The third-order valence-corrected chi connectivity index (χ3v) is 2.46. The number of nitrogens with two attached hydrogens (primary N) is 1. The predicted octanol–water partition coefficient (Wildman–Crippen LogP) is 2.02. The van der Waals surface area contributed by atoms with E-state index in [1.54, 1.807) is 18.2 Å². The predicted molar refractivity (Wildman–Crippen MR) is 64.3 cm³/mol. The standard InChI is InChI=1S/C13H19NO2/c1-2-4-11(14)9-13(16)8-10-5-3-6-12(15)7-10/h3,5-7,11,15H,2,4,8-9,14H2,1H3. The molecule has 0 aliphatic carbocycles. The molecule has 3 N–H and O–H groups in total. The molecule has 0 heterocycles. The molecule has 16 heavy (non-hydrogen) atoms. The van der Waals surface area contributed by atoms with Crippen LogP contribution < -0.4 is 5.73 Å². The lowest BCUT2D eigenvalue weighted by atomic mass is 10.0. The number of phenols is 1. The van der Waals surface area contributed by atoms with Crippen LogP contribution in [-0.4, -0.2) is 16.9 Å². The van der Waals surface area contributed by atoms with Crippen LogP contribution in [-0.2, 0) is 11.2 Å². The van der Waals surface area contributed by atoms with Crippen LogP contribution >= 0.6 is 0 Å². The molecule has 0 saturated heterocycles. The lowest BCUT2D eigenvalue weighted by molar-refractivity contribution is -0.118. The van der Waals surface area contributed by atoms with Crippen LogP contribution in [0.3, 0.4) is 0 Å². The Morgan fingerprint density at radius 3 is 2.88 bits per heavy atom. The van der Waals surface area contributed by atoms with Crippen molar-refractivity contribution in [2.75, 3.05) is 0 Å². The molecule has 3 heteroatoms. The summed E-state index contributed by atoms with van der Waals surface area (Å²) in [5, 5.41) is 9.26. The summed E-state index contributed by atoms with van der Waals surface area (Å²) in [6.07, 6.45) is 2.65. The molecule has 0 aliphatic rings. The number of ketones is 1. The Labute approximate surface area is 96.3 Å². The zero-order chi connectivity index (χ0) is 12.0. The Bertz CT molecular complexity index is 350. The number of carbonyl (C=O) groups is 1. The van der Waals surface area contributed by atoms with Gasteiger partial charge in [0.25, 0.3) is 0 Å². The summed E-state index contributed by atoms with van der Waals surface area (Å²) in [4.78, 5) is 11.6. The molecule has 1 unspecified atom stereocenters. The molecule has 0 amide bonds. The van der Waals surface area contributed by atoms with Gasteiger partial charge in [-0.1, -0.05) is 25.5 Å². The van der Waals surface area contributed by atoms with Gasteiger partial charge in [0.15, 0.2) is 0 Å². The van der Waals surface area contributed by atoms with Gasteiger partial charge >= 0.3 is 0 Å². The SMILES string of the molecule is CCCC(N)CC(=O)Cc1cccc(O)c1. The summed E-state index contributed by atoms with van der Waals surface area (Å²) >= 11 is 0. The first kappa shape index (κ1) is 12.7. The van der Waals surface area contributed by atoms with E-state index in [1.807, 2.05) is 6.07 Å². The van der Waals surface area contributed by atoms with E-state index in [4.69, 9.17) is 5.73 Å². The molecule has 0 saturated carbocycles. The smallest absolute Gasteiger partial charge is 0.138 e. The number of Topliss-reactive ketones (excluding diaryl/α,β-unsaturated/α-hetero) is 1. The topological polar surface area (TPSA) is 63.3 Å². The number of aromatic hydroxyl groups is 1. The van der Waals surface area contributed by atoms with E-state index < -0.39 is 0 Å². The van der Waals surface area contributed by atoms with Crippen molar-refractivity contribution in [1.82, 2.24) is 0 Å². The Balaban J connectivity index is 2.45. The van der Waals surface area contributed by atoms with Gasteiger partial charge < -0.3 is 10.8 Å². The summed E-state index contributed by atoms with van der Waals surface area (Å²) in [7, 11) is 0. The van der Waals surface area contributed by atoms with E-state index in [0.717, 1.165) is 18.4 Å². The number of phenolic OH excluding ortho intramolecular Hbond substituents is 1. The van der Waals surface area contributed by atoms with Crippen molar-refractivity contribution >= 4 is 5.78 Å². The van der Waals surface area contributed by atoms with Gasteiger partial charge in [0.2, 0.25) is 0 Å². The Hall–Kier alpha value is -1.35. The fourth-order valence-electron chi connectivity index (χ4n) is 1.73. The summed E-state index contributed by atoms with van der Waals surface area (Å²) < 4.78 is 0. The van der Waals surface area contributed by atoms with Gasteiger partial charge in [-0.25, -0.2) is 0 Å². The molecule has 3 nitrogen and oxygen atoms in total. The number of hydrogen-bond acceptors (Lipinski definition) is 3. The van der Waals surface area contributed by atoms with Gasteiger partial charge in [-0.15, -0.1) is 0 Å². The normalized spacial score (nSPS) is 12.4. The van der Waals surface area contributed by atoms with Crippen molar-refractivity contribution in [2.45, 2.75) is 38.6 Å². The Morgan fingerprint density at radius 1 is 1.50 bits per heavy atom. The highest BCUT2D eigenvalue weighted by molar-refractivity contribution is 5.81. The minimum atomic E-state index is -0.0326. The molecule has 88 valence electrons. The molecular weight excluding hydrogens is 202 g/mol. The summed E-state index contributed by atoms with van der Waals surface area (Å²) in [5.41, 5.74) is 6.64. The minimum absolute atomic E-state index is 0.0326. The zero-order valence-corrected chi connectivity index (χ0v) is 9.65. The molecule has 0 spiro atoms. The molecule has 1 aromatic carbocycles. The van der Waals surface area contributed by atoms with Gasteiger partial charge in [0, 0.05) is 18.9 Å². The van der Waals surface area contributed by atoms with Crippen molar-refractivity contribution in [3.05, 3.63) is 29.8 Å². The van der Waals surface area contributed by atoms with E-state index >= 15 is 0 Å². The maximum absolute atomic E-state index is 11.6. The van der Waals surface area contributed by atoms with Crippen LogP contribution in [0.25, 0.3) is 0 Å². The molecule has 0 radical (unpaired) electrons. The molecule has 0 fully saturated rings. The minimum Gasteiger partial charge on any atom is -0.508 e. The number of rotatable bonds is 6. The highest BCUT2D eigenvalue weighted by atomic mass is 16.3. The van der Waals surface area contributed by atoms with E-state index in [0.29, 0.717) is 12.8 Å². The molecular formula is C13H19NO2. The van der Waals surface area contributed by atoms with Gasteiger partial charge in [-0.05, 0) is 24.1 Å². The van der Waals surface area contributed by atoms with Crippen LogP contribution in [0, 0.1) is 0 Å². The van der Waals surface area contributed by atoms with Gasteiger partial charge in [-0.2, -0.15) is 0 Å². The van der Waals surface area contributed by atoms with Crippen molar-refractivity contribution in [3.63, 3.8) is 0 Å². The van der Waals surface area contributed by atoms with Crippen LogP contribution in [0.4, 0.5) is 0 Å². The first-order valence-electron chi connectivity index (χ1n) is 5.67. The highest BCUT2D eigenvalue weighted by Gasteiger charge is 2.09. The number of carbonyl (C=O) groups excluding carboxylic acids is 1. The first-order valence-corrected chi connectivity index (χ1v) is 5.67. The molecule has 0 aromatic heterocycles. The van der Waals surface area contributed by atoms with E-state index in [-0.39, 0.29) is 17.6 Å². The molecule has 1 atom stereocenters. The average Bonchev–Trinajstić information content (AvgIpc) is 2.17. The van der Waals surface area contributed by atoms with Crippen molar-refractivity contribution in [3.8, 4) is 5.75 Å². The van der Waals surface area contributed by atoms with Crippen molar-refractivity contribution in [2.24, 2.45) is 5.73 Å². The largest absolute Gasteiger partial charge is 0.508 e. The zero-order valence-electron chi connectivity index (χ0n) is 9.65. The van der Waals surface area contributed by atoms with Gasteiger partial charge in [0.1, 0.15) is 11.5 Å². The van der Waals surface area contributed by atoms with E-state index in [1.165, 1.54) is 0 Å². The lowest BCUT2D eigenvalue weighted by Crippen LogP contribution is -2.24. The molecule has 1 rings (SSSR count). The van der Waals surface area contributed by atoms with Gasteiger partial charge in [-0.3, -0.25) is 4.79 Å². The third kappa shape index (κ3) is 4.45. The van der Waals surface area contributed by atoms with E-state index in [2.05, 4.69) is 6.92 Å². The van der Waals surface area contributed by atoms with Crippen LogP contribution in [0.5, 0.6) is 5.75 Å². The first-order chi connectivity index (χ1) is 7.61. The lowest BCUT2D eigenvalue weighted by Gasteiger charge is -2.09. The fraction of sp³-hybridized carbons (Fsp3) is 0.462. The summed E-state index contributed by atoms with van der Waals surface area (Å²) in [5.74, 6) is 0.328. The maximum Gasteiger partial charge on any atom is 0.138 e. The second-order valence-electron chi connectivity index (χ2n) is 4.14. The highest BCUT2D eigenvalue weighted by Crippen LogP contribution is 2.12. The van der Waals surface area contributed by atoms with Gasteiger partial charge in [0.05, 0.1) is 0 Å². The molecule has 0 aliphatic heterocycles.